The number of benzene rings is 3. The van der Waals surface area contributed by atoms with E-state index in [1.807, 2.05) is 11.6 Å². The molecule has 1 heterocycles. The fourth-order valence-corrected chi connectivity index (χ4v) is 4.12. The van der Waals surface area contributed by atoms with E-state index in [9.17, 15) is 18.0 Å². The molecule has 3 aromatic carbocycles. The summed E-state index contributed by atoms with van der Waals surface area (Å²) in [6.45, 7) is 1.79. The summed E-state index contributed by atoms with van der Waals surface area (Å²) in [5.41, 5.74) is 2.83. The first-order valence-corrected chi connectivity index (χ1v) is 10.9. The van der Waals surface area contributed by atoms with E-state index in [4.69, 9.17) is 4.74 Å². The van der Waals surface area contributed by atoms with Crippen molar-refractivity contribution >= 4 is 39.1 Å². The minimum Gasteiger partial charge on any atom is -0.440 e. The third-order valence-corrected chi connectivity index (χ3v) is 6.09. The largest absolute Gasteiger partial charge is 0.440 e. The van der Waals surface area contributed by atoms with Crippen LogP contribution in [0, 0.1) is 6.92 Å². The van der Waals surface area contributed by atoms with E-state index in [-0.39, 0.29) is 11.6 Å². The first-order chi connectivity index (χ1) is 14.8. The molecule has 0 bridgehead atoms. The minimum absolute atomic E-state index is 0.0154. The lowest BCUT2D eigenvalue weighted by Gasteiger charge is -2.31. The highest BCUT2D eigenvalue weighted by molar-refractivity contribution is 7.90. The number of sulfonamides is 1. The molecule has 4 rings (SSSR count). The van der Waals surface area contributed by atoms with Crippen LogP contribution < -0.4 is 14.9 Å². The highest BCUT2D eigenvalue weighted by atomic mass is 32.2. The Morgan fingerprint density at radius 2 is 1.58 bits per heavy atom. The number of amides is 2. The van der Waals surface area contributed by atoms with Crippen LogP contribution in [0.4, 0.5) is 21.9 Å². The van der Waals surface area contributed by atoms with Gasteiger partial charge in [-0.15, -0.1) is 0 Å². The van der Waals surface area contributed by atoms with Crippen molar-refractivity contribution in [2.75, 3.05) is 16.9 Å². The lowest BCUT2D eigenvalue weighted by atomic mass is 10.1. The SMILES string of the molecule is Cc1ccc(S(=O)(=O)NC(=O)Nc2ccccc2N2COC(=O)c3ccccc32)cc1. The Bertz CT molecular complexity index is 1260. The normalized spacial score (nSPS) is 13.2. The summed E-state index contributed by atoms with van der Waals surface area (Å²) < 4.78 is 32.2. The molecule has 0 atom stereocenters. The molecule has 0 saturated heterocycles. The molecule has 8 nitrogen and oxygen atoms in total. The maximum atomic E-state index is 12.5. The summed E-state index contributed by atoms with van der Waals surface area (Å²) in [5.74, 6) is -0.431. The summed E-state index contributed by atoms with van der Waals surface area (Å²) in [5, 5.41) is 2.58. The van der Waals surface area contributed by atoms with Crippen LogP contribution in [-0.4, -0.2) is 27.1 Å². The second-order valence-corrected chi connectivity index (χ2v) is 8.58. The van der Waals surface area contributed by atoms with Crippen molar-refractivity contribution in [3.8, 4) is 0 Å². The van der Waals surface area contributed by atoms with Gasteiger partial charge in [-0.1, -0.05) is 42.0 Å². The van der Waals surface area contributed by atoms with Gasteiger partial charge in [-0.2, -0.15) is 0 Å². The van der Waals surface area contributed by atoms with Crippen LogP contribution >= 0.6 is 0 Å². The number of nitrogens with one attached hydrogen (secondary N) is 2. The van der Waals surface area contributed by atoms with E-state index in [2.05, 4.69) is 5.32 Å². The quantitative estimate of drug-likeness (QED) is 0.602. The highest BCUT2D eigenvalue weighted by Crippen LogP contribution is 2.36. The number of nitrogens with zero attached hydrogens (tertiary/aromatic N) is 1. The molecule has 1 aliphatic rings. The Hall–Kier alpha value is -3.85. The fraction of sp³-hybridized carbons (Fsp3) is 0.0909. The van der Waals surface area contributed by atoms with E-state index in [0.29, 0.717) is 22.6 Å². The van der Waals surface area contributed by atoms with Crippen molar-refractivity contribution in [2.24, 2.45) is 0 Å². The number of urea groups is 1. The third kappa shape index (κ3) is 4.22. The Morgan fingerprint density at radius 1 is 0.935 bits per heavy atom. The van der Waals surface area contributed by atoms with E-state index in [0.717, 1.165) is 5.56 Å². The van der Waals surface area contributed by atoms with Gasteiger partial charge >= 0.3 is 12.0 Å². The molecule has 2 N–H and O–H groups in total. The van der Waals surface area contributed by atoms with E-state index in [1.54, 1.807) is 65.6 Å². The summed E-state index contributed by atoms with van der Waals surface area (Å²) in [6, 6.07) is 19.0. The molecule has 0 unspecified atom stereocenters. The van der Waals surface area contributed by atoms with Crippen LogP contribution in [0.1, 0.15) is 15.9 Å². The molecule has 0 aromatic heterocycles. The van der Waals surface area contributed by atoms with Crippen LogP contribution in [0.25, 0.3) is 0 Å². The van der Waals surface area contributed by atoms with Crippen molar-refractivity contribution in [3.63, 3.8) is 0 Å². The van der Waals surface area contributed by atoms with Gasteiger partial charge in [0.2, 0.25) is 0 Å². The van der Waals surface area contributed by atoms with Crippen molar-refractivity contribution < 1.29 is 22.7 Å². The Morgan fingerprint density at radius 3 is 2.32 bits per heavy atom. The van der Waals surface area contributed by atoms with Gasteiger partial charge in [0.1, 0.15) is 0 Å². The molecule has 9 heteroatoms. The fourth-order valence-electron chi connectivity index (χ4n) is 3.21. The molecule has 1 aliphatic heterocycles. The number of esters is 1. The standard InChI is InChI=1S/C22H19N3O5S/c1-15-10-12-16(13-11-15)31(28,29)24-22(27)23-18-7-3-5-9-20(18)25-14-30-21(26)17-6-2-4-8-19(17)25/h2-13H,14H2,1H3,(H2,23,24,27). The average Bonchev–Trinajstić information content (AvgIpc) is 2.75. The minimum atomic E-state index is -4.04. The van der Waals surface area contributed by atoms with Crippen LogP contribution in [0.2, 0.25) is 0 Å². The van der Waals surface area contributed by atoms with Gasteiger partial charge in [0, 0.05) is 0 Å². The summed E-state index contributed by atoms with van der Waals surface area (Å²) in [6.07, 6.45) is 0. The predicted molar refractivity (Wildman–Crippen MR) is 116 cm³/mol. The number of cyclic esters (lactones) is 1. The highest BCUT2D eigenvalue weighted by Gasteiger charge is 2.27. The first-order valence-electron chi connectivity index (χ1n) is 9.38. The van der Waals surface area contributed by atoms with Crippen molar-refractivity contribution in [1.29, 1.82) is 0 Å². The van der Waals surface area contributed by atoms with Crippen LogP contribution in [0.5, 0.6) is 0 Å². The molecule has 3 aromatic rings. The van der Waals surface area contributed by atoms with Crippen LogP contribution in [0.3, 0.4) is 0 Å². The number of rotatable bonds is 4. The summed E-state index contributed by atoms with van der Waals surface area (Å²) >= 11 is 0. The predicted octanol–water partition coefficient (Wildman–Crippen LogP) is 3.77. The maximum Gasteiger partial charge on any atom is 0.342 e. The van der Waals surface area contributed by atoms with Crippen LogP contribution in [-0.2, 0) is 14.8 Å². The van der Waals surface area contributed by atoms with Crippen LogP contribution in [0.15, 0.2) is 77.7 Å². The number of carbonyl (C=O) groups excluding carboxylic acids is 2. The van der Waals surface area contributed by atoms with Crippen molar-refractivity contribution in [2.45, 2.75) is 11.8 Å². The number of hydrogen-bond acceptors (Lipinski definition) is 6. The summed E-state index contributed by atoms with van der Waals surface area (Å²) in [7, 11) is -4.04. The molecule has 0 radical (unpaired) electrons. The number of para-hydroxylation sites is 3. The molecule has 158 valence electrons. The van der Waals surface area contributed by atoms with Gasteiger partial charge in [0.15, 0.2) is 6.73 Å². The van der Waals surface area contributed by atoms with E-state index < -0.39 is 22.0 Å². The molecule has 31 heavy (non-hydrogen) atoms. The Labute approximate surface area is 179 Å². The summed E-state index contributed by atoms with van der Waals surface area (Å²) in [4.78, 5) is 26.2. The molecule has 0 aliphatic carbocycles. The van der Waals surface area contributed by atoms with Crippen molar-refractivity contribution in [3.05, 3.63) is 83.9 Å². The molecule has 0 fully saturated rings. The smallest absolute Gasteiger partial charge is 0.342 e. The van der Waals surface area contributed by atoms with Gasteiger partial charge in [-0.25, -0.2) is 22.7 Å². The topological polar surface area (TPSA) is 105 Å². The third-order valence-electron chi connectivity index (χ3n) is 4.74. The number of ether oxygens (including phenoxy) is 1. The number of aryl methyl sites for hydroxylation is 1. The zero-order chi connectivity index (χ0) is 22.0. The number of carbonyl (C=O) groups is 2. The van der Waals surface area contributed by atoms with Gasteiger partial charge in [-0.3, -0.25) is 0 Å². The molecule has 0 saturated carbocycles. The first kappa shape index (κ1) is 20.4. The van der Waals surface area contributed by atoms with E-state index in [1.165, 1.54) is 12.1 Å². The van der Waals surface area contributed by atoms with Gasteiger partial charge < -0.3 is 15.0 Å². The molecule has 0 spiro atoms. The number of hydrogen-bond donors (Lipinski definition) is 2. The zero-order valence-electron chi connectivity index (χ0n) is 16.5. The zero-order valence-corrected chi connectivity index (χ0v) is 17.3. The molecule has 2 amide bonds. The Kier molecular flexibility index (Phi) is 5.35. The second-order valence-electron chi connectivity index (χ2n) is 6.90. The molecular formula is C22H19N3O5S. The number of anilines is 3. The second kappa shape index (κ2) is 8.11. The van der Waals surface area contributed by atoms with Crippen molar-refractivity contribution in [1.82, 2.24) is 4.72 Å². The molecular weight excluding hydrogens is 418 g/mol. The number of fused-ring (bicyclic) bond motifs is 1. The lowest BCUT2D eigenvalue weighted by Crippen LogP contribution is -2.35. The van der Waals surface area contributed by atoms with Gasteiger partial charge in [0.05, 0.1) is 27.5 Å². The van der Waals surface area contributed by atoms with Gasteiger partial charge in [0.25, 0.3) is 10.0 Å². The lowest BCUT2D eigenvalue weighted by molar-refractivity contribution is 0.0494. The monoisotopic (exact) mass is 437 g/mol. The Balaban J connectivity index is 1.59. The van der Waals surface area contributed by atoms with Gasteiger partial charge in [-0.05, 0) is 43.3 Å². The average molecular weight is 437 g/mol. The maximum absolute atomic E-state index is 12.5. The van der Waals surface area contributed by atoms with E-state index >= 15 is 0 Å².